The lowest BCUT2D eigenvalue weighted by Crippen LogP contribution is -2.45. The number of halogens is 2. The van der Waals surface area contributed by atoms with Crippen LogP contribution in [0.1, 0.15) is 44.0 Å². The second kappa shape index (κ2) is 8.68. The molecule has 0 radical (unpaired) electrons. The molecule has 1 amide bonds. The zero-order chi connectivity index (χ0) is 20.3. The number of nitrogens with one attached hydrogen (secondary N) is 1. The van der Waals surface area contributed by atoms with Crippen LogP contribution in [0.2, 0.25) is 0 Å². The Morgan fingerprint density at radius 1 is 1.36 bits per heavy atom. The summed E-state index contributed by atoms with van der Waals surface area (Å²) < 4.78 is 33.8. The molecule has 2 heterocycles. The molecule has 0 spiro atoms. The van der Waals surface area contributed by atoms with Gasteiger partial charge in [-0.25, -0.2) is 18.3 Å². The van der Waals surface area contributed by atoms with Gasteiger partial charge in [-0.05, 0) is 45.7 Å². The summed E-state index contributed by atoms with van der Waals surface area (Å²) >= 11 is 0. The van der Waals surface area contributed by atoms with Crippen LogP contribution in [-0.2, 0) is 4.74 Å². The van der Waals surface area contributed by atoms with Gasteiger partial charge in [0.25, 0.3) is 0 Å². The van der Waals surface area contributed by atoms with Gasteiger partial charge in [-0.15, -0.1) is 0 Å². The van der Waals surface area contributed by atoms with Crippen LogP contribution in [0.25, 0.3) is 5.69 Å². The van der Waals surface area contributed by atoms with Gasteiger partial charge in [0.15, 0.2) is 5.82 Å². The van der Waals surface area contributed by atoms with E-state index in [2.05, 4.69) is 10.4 Å². The van der Waals surface area contributed by atoms with Crippen molar-refractivity contribution in [1.29, 1.82) is 0 Å². The molecule has 6 nitrogen and oxygen atoms in total. The fourth-order valence-corrected chi connectivity index (χ4v) is 3.63. The van der Waals surface area contributed by atoms with Crippen molar-refractivity contribution in [1.82, 2.24) is 20.0 Å². The van der Waals surface area contributed by atoms with Crippen molar-refractivity contribution in [2.75, 3.05) is 19.7 Å². The molecule has 152 valence electrons. The second-order valence-electron chi connectivity index (χ2n) is 7.04. The molecule has 0 unspecified atom stereocenters. The molecule has 1 N–H and O–H groups in total. The molecule has 1 aromatic heterocycles. The third-order valence-electron chi connectivity index (χ3n) is 5.16. The topological polar surface area (TPSA) is 59.4 Å². The third-order valence-corrected chi connectivity index (χ3v) is 5.16. The quantitative estimate of drug-likeness (QED) is 0.842. The normalized spacial score (nSPS) is 16.2. The van der Waals surface area contributed by atoms with E-state index in [1.54, 1.807) is 18.0 Å². The molecule has 0 aliphatic carbocycles. The summed E-state index contributed by atoms with van der Waals surface area (Å²) in [7, 11) is 0. The van der Waals surface area contributed by atoms with E-state index in [1.807, 2.05) is 13.8 Å². The van der Waals surface area contributed by atoms with Crippen molar-refractivity contribution in [3.05, 3.63) is 47.3 Å². The first-order valence-corrected chi connectivity index (χ1v) is 9.58. The molecule has 1 aromatic carbocycles. The Labute approximate surface area is 163 Å². The number of piperidine rings is 1. The monoisotopic (exact) mass is 392 g/mol. The van der Waals surface area contributed by atoms with Gasteiger partial charge in [0, 0.05) is 42.5 Å². The number of benzene rings is 1. The van der Waals surface area contributed by atoms with E-state index in [-0.39, 0.29) is 23.9 Å². The first-order valence-electron chi connectivity index (χ1n) is 9.58. The van der Waals surface area contributed by atoms with Crippen LogP contribution in [0.3, 0.4) is 0 Å². The Kier molecular flexibility index (Phi) is 6.28. The molecule has 8 heteroatoms. The SMILES string of the molecule is CCOC(=O)N1CCC(N[C@@H](C)c2cnn(-c3ccc(F)cc3F)c2C)CC1. The molecular formula is C20H26F2N4O2. The van der Waals surface area contributed by atoms with Gasteiger partial charge in [0.05, 0.1) is 12.8 Å². The van der Waals surface area contributed by atoms with Crippen LogP contribution >= 0.6 is 0 Å². The lowest BCUT2D eigenvalue weighted by Gasteiger charge is -2.33. The highest BCUT2D eigenvalue weighted by Gasteiger charge is 2.25. The van der Waals surface area contributed by atoms with Crippen LogP contribution in [0.15, 0.2) is 24.4 Å². The number of rotatable bonds is 5. The maximum Gasteiger partial charge on any atom is 0.409 e. The summed E-state index contributed by atoms with van der Waals surface area (Å²) in [6.07, 6.45) is 3.13. The molecule has 1 saturated heterocycles. The highest BCUT2D eigenvalue weighted by atomic mass is 19.1. The Bertz CT molecular complexity index is 832. The highest BCUT2D eigenvalue weighted by molar-refractivity contribution is 5.67. The fraction of sp³-hybridized carbons (Fsp3) is 0.500. The van der Waals surface area contributed by atoms with Crippen LogP contribution in [0, 0.1) is 18.6 Å². The van der Waals surface area contributed by atoms with Gasteiger partial charge >= 0.3 is 6.09 Å². The fourth-order valence-electron chi connectivity index (χ4n) is 3.63. The average Bonchev–Trinajstić information content (AvgIpc) is 3.04. The van der Waals surface area contributed by atoms with Crippen LogP contribution in [0.5, 0.6) is 0 Å². The molecule has 0 saturated carbocycles. The number of carbonyl (C=O) groups is 1. The van der Waals surface area contributed by atoms with Gasteiger partial charge in [0.2, 0.25) is 0 Å². The third kappa shape index (κ3) is 4.32. The molecule has 1 atom stereocenters. The van der Waals surface area contributed by atoms with E-state index in [0.717, 1.165) is 30.2 Å². The minimum Gasteiger partial charge on any atom is -0.450 e. The maximum atomic E-state index is 14.1. The number of hydrogen-bond acceptors (Lipinski definition) is 4. The summed E-state index contributed by atoms with van der Waals surface area (Å²) in [5, 5.41) is 7.86. The smallest absolute Gasteiger partial charge is 0.409 e. The van der Waals surface area contributed by atoms with E-state index >= 15 is 0 Å². The van der Waals surface area contributed by atoms with Crippen molar-refractivity contribution in [2.24, 2.45) is 0 Å². The van der Waals surface area contributed by atoms with Crippen molar-refractivity contribution in [3.8, 4) is 5.69 Å². The van der Waals surface area contributed by atoms with E-state index < -0.39 is 11.6 Å². The van der Waals surface area contributed by atoms with Gasteiger partial charge in [0.1, 0.15) is 11.5 Å². The predicted molar refractivity (Wildman–Crippen MR) is 101 cm³/mol. The van der Waals surface area contributed by atoms with E-state index in [9.17, 15) is 13.6 Å². The number of aromatic nitrogens is 2. The maximum absolute atomic E-state index is 14.1. The summed E-state index contributed by atoms with van der Waals surface area (Å²) in [5.74, 6) is -1.26. The molecule has 2 aromatic rings. The molecule has 1 aliphatic rings. The molecule has 28 heavy (non-hydrogen) atoms. The summed E-state index contributed by atoms with van der Waals surface area (Å²) in [4.78, 5) is 13.5. The van der Waals surface area contributed by atoms with Crippen LogP contribution < -0.4 is 5.32 Å². The number of nitrogens with zero attached hydrogens (tertiary/aromatic N) is 3. The van der Waals surface area contributed by atoms with Crippen molar-refractivity contribution in [3.63, 3.8) is 0 Å². The summed E-state index contributed by atoms with van der Waals surface area (Å²) in [6.45, 7) is 7.39. The van der Waals surface area contributed by atoms with E-state index in [0.29, 0.717) is 19.7 Å². The molecule has 0 bridgehead atoms. The summed E-state index contributed by atoms with van der Waals surface area (Å²) in [6, 6.07) is 3.74. The van der Waals surface area contributed by atoms with Gasteiger partial charge < -0.3 is 15.0 Å². The van der Waals surface area contributed by atoms with Gasteiger partial charge in [-0.1, -0.05) is 0 Å². The number of hydrogen-bond donors (Lipinski definition) is 1. The zero-order valence-corrected chi connectivity index (χ0v) is 16.4. The zero-order valence-electron chi connectivity index (χ0n) is 16.4. The second-order valence-corrected chi connectivity index (χ2v) is 7.04. The molecule has 3 rings (SSSR count). The Morgan fingerprint density at radius 2 is 2.07 bits per heavy atom. The Balaban J connectivity index is 1.64. The number of ether oxygens (including phenoxy) is 1. The first kappa shape index (κ1) is 20.3. The highest BCUT2D eigenvalue weighted by Crippen LogP contribution is 2.24. The Morgan fingerprint density at radius 3 is 2.71 bits per heavy atom. The lowest BCUT2D eigenvalue weighted by molar-refractivity contribution is 0.0943. The minimum absolute atomic E-state index is 0.0106. The molecular weight excluding hydrogens is 366 g/mol. The molecule has 1 fully saturated rings. The first-order chi connectivity index (χ1) is 13.4. The number of amides is 1. The Hall–Kier alpha value is -2.48. The number of likely N-dealkylation sites (tertiary alicyclic amines) is 1. The largest absolute Gasteiger partial charge is 0.450 e. The lowest BCUT2D eigenvalue weighted by atomic mass is 10.0. The minimum atomic E-state index is -0.648. The molecule has 1 aliphatic heterocycles. The van der Waals surface area contributed by atoms with Crippen molar-refractivity contribution >= 4 is 6.09 Å². The average molecular weight is 392 g/mol. The standard InChI is InChI=1S/C20H26F2N4O2/c1-4-28-20(27)25-9-7-16(8-10-25)24-13(2)17-12-23-26(14(17)3)19-6-5-15(21)11-18(19)22/h5-6,11-13,16,24H,4,7-10H2,1-3H3/t13-/m0/s1. The van der Waals surface area contributed by atoms with Gasteiger partial charge in [-0.2, -0.15) is 5.10 Å². The van der Waals surface area contributed by atoms with E-state index in [4.69, 9.17) is 4.74 Å². The summed E-state index contributed by atoms with van der Waals surface area (Å²) in [5.41, 5.74) is 1.98. The predicted octanol–water partition coefficient (Wildman–Crippen LogP) is 3.73. The van der Waals surface area contributed by atoms with Crippen molar-refractivity contribution in [2.45, 2.75) is 45.7 Å². The van der Waals surface area contributed by atoms with Crippen LogP contribution in [0.4, 0.5) is 13.6 Å². The van der Waals surface area contributed by atoms with Gasteiger partial charge in [-0.3, -0.25) is 0 Å². The number of carbonyl (C=O) groups excluding carboxylic acids is 1. The van der Waals surface area contributed by atoms with E-state index in [1.165, 1.54) is 16.8 Å². The van der Waals surface area contributed by atoms with Crippen molar-refractivity contribution < 1.29 is 18.3 Å². The van der Waals surface area contributed by atoms with Crippen LogP contribution in [-0.4, -0.2) is 46.5 Å².